The lowest BCUT2D eigenvalue weighted by atomic mass is 9.67. The maximum atomic E-state index is 12.2. The molecular weight excluding hydrogens is 196 g/mol. The molecule has 0 saturated heterocycles. The number of rotatable bonds is 0. The van der Waals surface area contributed by atoms with E-state index in [0.29, 0.717) is 28.4 Å². The van der Waals surface area contributed by atoms with Gasteiger partial charge in [0, 0.05) is 12.3 Å². The fraction of sp³-hybridized carbons (Fsp3) is 0.800. The summed E-state index contributed by atoms with van der Waals surface area (Å²) in [5.74, 6) is 2.05. The topological polar surface area (TPSA) is 17.1 Å². The van der Waals surface area contributed by atoms with Gasteiger partial charge in [0.25, 0.3) is 0 Å². The lowest BCUT2D eigenvalue weighted by Gasteiger charge is -2.35. The Balaban J connectivity index is 2.11. The standard InChI is InChI=1S/C15H22O/c1-9-5-11-7-14(3,4)8-15(11)10(2)6-12(16)13(9)15/h5,10-11,13H,6-8H2,1-4H3/t10-,11-,13-,15-/m1/s1. The van der Waals surface area contributed by atoms with E-state index < -0.39 is 0 Å². The van der Waals surface area contributed by atoms with E-state index in [4.69, 9.17) is 0 Å². The zero-order valence-electron chi connectivity index (χ0n) is 10.8. The van der Waals surface area contributed by atoms with Gasteiger partial charge in [0.15, 0.2) is 0 Å². The van der Waals surface area contributed by atoms with E-state index >= 15 is 0 Å². The van der Waals surface area contributed by atoms with Gasteiger partial charge in [0.05, 0.1) is 0 Å². The molecule has 2 fully saturated rings. The second-order valence-electron chi connectivity index (χ2n) is 7.18. The maximum absolute atomic E-state index is 12.2. The number of ketones is 1. The SMILES string of the molecule is CC1=C[C@@H]2CC(C)(C)C[C@]23[C@H]1C(=O)C[C@H]3C. The summed E-state index contributed by atoms with van der Waals surface area (Å²) in [6.07, 6.45) is 5.77. The van der Waals surface area contributed by atoms with Crippen molar-refractivity contribution in [2.45, 2.75) is 47.0 Å². The van der Waals surface area contributed by atoms with Gasteiger partial charge < -0.3 is 0 Å². The molecule has 88 valence electrons. The Morgan fingerprint density at radius 3 is 2.75 bits per heavy atom. The zero-order valence-corrected chi connectivity index (χ0v) is 10.8. The molecule has 1 spiro atoms. The van der Waals surface area contributed by atoms with Crippen molar-refractivity contribution in [1.29, 1.82) is 0 Å². The first-order valence-corrected chi connectivity index (χ1v) is 6.58. The first kappa shape index (κ1) is 10.6. The molecule has 3 aliphatic rings. The van der Waals surface area contributed by atoms with Crippen molar-refractivity contribution in [1.82, 2.24) is 0 Å². The number of hydrogen-bond donors (Lipinski definition) is 0. The Bertz CT molecular complexity index is 390. The molecule has 16 heavy (non-hydrogen) atoms. The van der Waals surface area contributed by atoms with Gasteiger partial charge in [-0.2, -0.15) is 0 Å². The quantitative estimate of drug-likeness (QED) is 0.568. The van der Waals surface area contributed by atoms with Gasteiger partial charge in [-0.25, -0.2) is 0 Å². The second-order valence-corrected chi connectivity index (χ2v) is 7.18. The van der Waals surface area contributed by atoms with Gasteiger partial charge in [-0.15, -0.1) is 0 Å². The highest BCUT2D eigenvalue weighted by atomic mass is 16.1. The van der Waals surface area contributed by atoms with E-state index in [1.54, 1.807) is 0 Å². The predicted octanol–water partition coefficient (Wildman–Crippen LogP) is 3.59. The van der Waals surface area contributed by atoms with Crippen molar-refractivity contribution in [3.8, 4) is 0 Å². The third-order valence-corrected chi connectivity index (χ3v) is 5.45. The minimum Gasteiger partial charge on any atom is -0.299 e. The van der Waals surface area contributed by atoms with Gasteiger partial charge in [-0.3, -0.25) is 4.79 Å². The van der Waals surface area contributed by atoms with E-state index in [9.17, 15) is 4.79 Å². The van der Waals surface area contributed by atoms with Crippen LogP contribution in [0, 0.1) is 28.6 Å². The van der Waals surface area contributed by atoms with Crippen molar-refractivity contribution in [2.24, 2.45) is 28.6 Å². The Morgan fingerprint density at radius 1 is 1.38 bits per heavy atom. The molecule has 4 atom stereocenters. The van der Waals surface area contributed by atoms with Crippen LogP contribution in [-0.4, -0.2) is 5.78 Å². The van der Waals surface area contributed by atoms with Crippen molar-refractivity contribution in [2.75, 3.05) is 0 Å². The van der Waals surface area contributed by atoms with Crippen molar-refractivity contribution >= 4 is 5.78 Å². The largest absolute Gasteiger partial charge is 0.299 e. The third-order valence-electron chi connectivity index (χ3n) is 5.45. The van der Waals surface area contributed by atoms with Gasteiger partial charge in [-0.1, -0.05) is 32.4 Å². The molecule has 0 amide bonds. The highest BCUT2D eigenvalue weighted by molar-refractivity contribution is 5.88. The summed E-state index contributed by atoms with van der Waals surface area (Å²) in [7, 11) is 0. The van der Waals surface area contributed by atoms with Crippen molar-refractivity contribution in [3.05, 3.63) is 11.6 Å². The van der Waals surface area contributed by atoms with Crippen LogP contribution in [0.3, 0.4) is 0 Å². The molecule has 0 heterocycles. The molecule has 0 radical (unpaired) electrons. The van der Waals surface area contributed by atoms with Crippen LogP contribution in [0.2, 0.25) is 0 Å². The average molecular weight is 218 g/mol. The van der Waals surface area contributed by atoms with Crippen LogP contribution < -0.4 is 0 Å². The number of allylic oxidation sites excluding steroid dienone is 2. The minimum atomic E-state index is 0.272. The summed E-state index contributed by atoms with van der Waals surface area (Å²) < 4.78 is 0. The van der Waals surface area contributed by atoms with E-state index in [-0.39, 0.29) is 5.92 Å². The lowest BCUT2D eigenvalue weighted by molar-refractivity contribution is -0.121. The van der Waals surface area contributed by atoms with Crippen LogP contribution in [0.25, 0.3) is 0 Å². The molecule has 3 aliphatic carbocycles. The van der Waals surface area contributed by atoms with Crippen LogP contribution in [-0.2, 0) is 4.79 Å². The van der Waals surface area contributed by atoms with E-state index in [1.807, 2.05) is 0 Å². The molecule has 1 nitrogen and oxygen atoms in total. The minimum absolute atomic E-state index is 0.272. The number of carbonyl (C=O) groups is 1. The van der Waals surface area contributed by atoms with Crippen LogP contribution in [0.4, 0.5) is 0 Å². The smallest absolute Gasteiger partial charge is 0.140 e. The predicted molar refractivity (Wildman–Crippen MR) is 65.0 cm³/mol. The van der Waals surface area contributed by atoms with Gasteiger partial charge >= 0.3 is 0 Å². The first-order chi connectivity index (χ1) is 7.37. The van der Waals surface area contributed by atoms with Gasteiger partial charge in [0.2, 0.25) is 0 Å². The summed E-state index contributed by atoms with van der Waals surface area (Å²) in [5, 5.41) is 0. The number of carbonyl (C=O) groups excluding carboxylic acids is 1. The van der Waals surface area contributed by atoms with E-state index in [2.05, 4.69) is 33.8 Å². The Labute approximate surface area is 98.3 Å². The molecular formula is C15H22O. The van der Waals surface area contributed by atoms with Gasteiger partial charge in [-0.05, 0) is 42.4 Å². The molecule has 0 bridgehead atoms. The third kappa shape index (κ3) is 1.05. The van der Waals surface area contributed by atoms with Crippen LogP contribution in [0.15, 0.2) is 11.6 Å². The molecule has 0 unspecified atom stereocenters. The summed E-state index contributed by atoms with van der Waals surface area (Å²) >= 11 is 0. The molecule has 1 heteroatoms. The van der Waals surface area contributed by atoms with Crippen molar-refractivity contribution in [3.63, 3.8) is 0 Å². The van der Waals surface area contributed by atoms with Gasteiger partial charge in [0.1, 0.15) is 5.78 Å². The van der Waals surface area contributed by atoms with Crippen LogP contribution in [0.5, 0.6) is 0 Å². The fourth-order valence-corrected chi connectivity index (χ4v) is 5.17. The lowest BCUT2D eigenvalue weighted by Crippen LogP contribution is -2.32. The highest BCUT2D eigenvalue weighted by Crippen LogP contribution is 2.69. The van der Waals surface area contributed by atoms with Crippen molar-refractivity contribution < 1.29 is 4.79 Å². The Hall–Kier alpha value is -0.590. The second kappa shape index (κ2) is 2.80. The molecule has 2 saturated carbocycles. The number of Topliss-reactive ketones (excluding diaryl/α,β-unsaturated/α-hetero) is 1. The van der Waals surface area contributed by atoms with E-state index in [1.165, 1.54) is 18.4 Å². The highest BCUT2D eigenvalue weighted by Gasteiger charge is 2.64. The Kier molecular flexibility index (Phi) is 1.85. The normalized spacial score (nSPS) is 49.1. The number of hydrogen-bond acceptors (Lipinski definition) is 1. The fourth-order valence-electron chi connectivity index (χ4n) is 5.17. The van der Waals surface area contributed by atoms with E-state index in [0.717, 1.165) is 6.42 Å². The molecule has 0 aromatic heterocycles. The zero-order chi connectivity index (χ0) is 11.7. The summed E-state index contributed by atoms with van der Waals surface area (Å²) in [5.41, 5.74) is 2.11. The molecule has 3 rings (SSSR count). The summed E-state index contributed by atoms with van der Waals surface area (Å²) in [6.45, 7) is 9.22. The molecule has 0 aromatic rings. The molecule has 0 aliphatic heterocycles. The van der Waals surface area contributed by atoms with Crippen LogP contribution in [0.1, 0.15) is 47.0 Å². The summed E-state index contributed by atoms with van der Waals surface area (Å²) in [6, 6.07) is 0. The molecule has 0 N–H and O–H groups in total. The summed E-state index contributed by atoms with van der Waals surface area (Å²) in [4.78, 5) is 12.2. The Morgan fingerprint density at radius 2 is 2.06 bits per heavy atom. The molecule has 0 aromatic carbocycles. The monoisotopic (exact) mass is 218 g/mol. The average Bonchev–Trinajstić information content (AvgIpc) is 2.59. The van der Waals surface area contributed by atoms with Crippen LogP contribution >= 0.6 is 0 Å². The first-order valence-electron chi connectivity index (χ1n) is 6.58. The maximum Gasteiger partial charge on any atom is 0.140 e.